The van der Waals surface area contributed by atoms with E-state index in [0.29, 0.717) is 5.56 Å². The average Bonchev–Trinajstić information content (AvgIpc) is 3.19. The van der Waals surface area contributed by atoms with E-state index in [1.54, 1.807) is 11.4 Å². The smallest absolute Gasteiger partial charge is 0.271 e. The molecular weight excluding hydrogens is 292 g/mol. The maximum absolute atomic E-state index is 12.4. The van der Waals surface area contributed by atoms with E-state index in [9.17, 15) is 14.4 Å². The first-order valence-corrected chi connectivity index (χ1v) is 7.83. The molecule has 0 saturated carbocycles. The molecular formula is C14H14N2O4S. The number of amides is 3. The maximum atomic E-state index is 12.4. The number of thiophene rings is 1. The van der Waals surface area contributed by atoms with Gasteiger partial charge in [-0.15, -0.1) is 11.3 Å². The van der Waals surface area contributed by atoms with Crippen LogP contribution in [0.5, 0.6) is 0 Å². The van der Waals surface area contributed by atoms with Gasteiger partial charge in [0.1, 0.15) is 0 Å². The number of carbonyl (C=O) groups is 3. The van der Waals surface area contributed by atoms with Gasteiger partial charge in [-0.05, 0) is 25.8 Å². The molecule has 6 nitrogen and oxygen atoms in total. The molecule has 1 aromatic heterocycles. The largest absolute Gasteiger partial charge is 0.373 e. The number of hydrazine groups is 1. The molecule has 110 valence electrons. The molecule has 3 amide bonds. The number of rotatable bonds is 2. The first-order valence-electron chi connectivity index (χ1n) is 6.95. The van der Waals surface area contributed by atoms with Crippen LogP contribution in [0.4, 0.5) is 0 Å². The minimum Gasteiger partial charge on any atom is -0.373 e. The molecule has 0 spiro atoms. The Bertz CT molecular complexity index is 627. The number of nitrogens with one attached hydrogen (secondary N) is 1. The molecule has 0 unspecified atom stereocenters. The molecule has 3 saturated heterocycles. The Kier molecular flexibility index (Phi) is 2.71. The van der Waals surface area contributed by atoms with E-state index in [4.69, 9.17) is 4.74 Å². The third kappa shape index (κ3) is 1.77. The second-order valence-electron chi connectivity index (χ2n) is 5.74. The Morgan fingerprint density at radius 2 is 1.90 bits per heavy atom. The normalized spacial score (nSPS) is 33.7. The standard InChI is InChI=1S/C14H14N2O4S/c1-6-4-7(5-21-6)12(17)15-16-13(18)10-8-2-3-9(20-8)11(10)14(16)19/h4-5,8-11H,2-3H2,1H3,(H,15,17)/t8-,9+,10-,11-/m0/s1. The number of hydrogen-bond donors (Lipinski definition) is 1. The van der Waals surface area contributed by atoms with Crippen molar-refractivity contribution in [2.24, 2.45) is 11.8 Å². The molecule has 21 heavy (non-hydrogen) atoms. The van der Waals surface area contributed by atoms with Crippen LogP contribution >= 0.6 is 11.3 Å². The van der Waals surface area contributed by atoms with Crippen molar-refractivity contribution in [2.75, 3.05) is 0 Å². The third-order valence-corrected chi connectivity index (χ3v) is 5.35. The SMILES string of the molecule is Cc1cc(C(=O)NN2C(=O)[C@@H]3[C@@H](C2=O)[C@H]2CC[C@@H]3O2)cs1. The lowest BCUT2D eigenvalue weighted by molar-refractivity contribution is -0.145. The van der Waals surface area contributed by atoms with Gasteiger partial charge < -0.3 is 4.74 Å². The quantitative estimate of drug-likeness (QED) is 0.822. The lowest BCUT2D eigenvalue weighted by Gasteiger charge is -2.17. The summed E-state index contributed by atoms with van der Waals surface area (Å²) in [5, 5.41) is 2.61. The molecule has 4 heterocycles. The Labute approximate surface area is 125 Å². The molecule has 0 radical (unpaired) electrons. The van der Waals surface area contributed by atoms with Crippen LogP contribution in [0.15, 0.2) is 11.4 Å². The predicted molar refractivity (Wildman–Crippen MR) is 73.3 cm³/mol. The van der Waals surface area contributed by atoms with E-state index in [1.807, 2.05) is 6.92 Å². The number of fused-ring (bicyclic) bond motifs is 5. The maximum Gasteiger partial charge on any atom is 0.271 e. The highest BCUT2D eigenvalue weighted by molar-refractivity contribution is 7.10. The van der Waals surface area contributed by atoms with Crippen molar-refractivity contribution in [3.8, 4) is 0 Å². The average molecular weight is 306 g/mol. The first kappa shape index (κ1) is 13.0. The van der Waals surface area contributed by atoms with Gasteiger partial charge in [0, 0.05) is 10.3 Å². The zero-order valence-electron chi connectivity index (χ0n) is 11.4. The zero-order chi connectivity index (χ0) is 14.7. The highest BCUT2D eigenvalue weighted by atomic mass is 32.1. The van der Waals surface area contributed by atoms with Gasteiger partial charge in [0.2, 0.25) is 0 Å². The summed E-state index contributed by atoms with van der Waals surface area (Å²) in [6.45, 7) is 1.90. The summed E-state index contributed by atoms with van der Waals surface area (Å²) >= 11 is 1.45. The van der Waals surface area contributed by atoms with E-state index < -0.39 is 17.7 Å². The van der Waals surface area contributed by atoms with Gasteiger partial charge in [-0.25, -0.2) is 0 Å². The van der Waals surface area contributed by atoms with E-state index in [1.165, 1.54) is 11.3 Å². The number of carbonyl (C=O) groups excluding carboxylic acids is 3. The highest BCUT2D eigenvalue weighted by Crippen LogP contribution is 2.48. The Morgan fingerprint density at radius 3 is 2.43 bits per heavy atom. The number of ether oxygens (including phenoxy) is 1. The monoisotopic (exact) mass is 306 g/mol. The van der Waals surface area contributed by atoms with Crippen LogP contribution in [-0.2, 0) is 14.3 Å². The van der Waals surface area contributed by atoms with Crippen molar-refractivity contribution in [3.63, 3.8) is 0 Å². The van der Waals surface area contributed by atoms with E-state index in [0.717, 1.165) is 22.7 Å². The summed E-state index contributed by atoms with van der Waals surface area (Å²) in [5.41, 5.74) is 2.92. The van der Waals surface area contributed by atoms with Crippen LogP contribution in [0.1, 0.15) is 28.1 Å². The fraction of sp³-hybridized carbons (Fsp3) is 0.500. The zero-order valence-corrected chi connectivity index (χ0v) is 12.2. The third-order valence-electron chi connectivity index (χ3n) is 4.49. The summed E-state index contributed by atoms with van der Waals surface area (Å²) < 4.78 is 5.64. The van der Waals surface area contributed by atoms with Crippen LogP contribution in [0.3, 0.4) is 0 Å². The van der Waals surface area contributed by atoms with E-state index >= 15 is 0 Å². The summed E-state index contributed by atoms with van der Waals surface area (Å²) in [6, 6.07) is 1.73. The number of imide groups is 1. The van der Waals surface area contributed by atoms with Crippen molar-refractivity contribution in [2.45, 2.75) is 32.0 Å². The number of aryl methyl sites for hydroxylation is 1. The first-order chi connectivity index (χ1) is 10.1. The summed E-state index contributed by atoms with van der Waals surface area (Å²) in [5.74, 6) is -1.93. The minimum atomic E-state index is -0.422. The molecule has 0 aromatic carbocycles. The molecule has 7 heteroatoms. The van der Waals surface area contributed by atoms with E-state index in [-0.39, 0.29) is 24.0 Å². The fourth-order valence-electron chi connectivity index (χ4n) is 3.55. The van der Waals surface area contributed by atoms with Gasteiger partial charge in [0.25, 0.3) is 17.7 Å². The van der Waals surface area contributed by atoms with Crippen molar-refractivity contribution < 1.29 is 19.1 Å². The molecule has 1 aromatic rings. The van der Waals surface area contributed by atoms with Gasteiger partial charge in [-0.2, -0.15) is 5.01 Å². The van der Waals surface area contributed by atoms with Crippen molar-refractivity contribution in [1.82, 2.24) is 10.4 Å². The second kappa shape index (κ2) is 4.38. The van der Waals surface area contributed by atoms with Gasteiger partial charge in [-0.1, -0.05) is 0 Å². The predicted octanol–water partition coefficient (Wildman–Crippen LogP) is 0.864. The van der Waals surface area contributed by atoms with Gasteiger partial charge >= 0.3 is 0 Å². The van der Waals surface area contributed by atoms with E-state index in [2.05, 4.69) is 5.43 Å². The van der Waals surface area contributed by atoms with Crippen molar-refractivity contribution in [1.29, 1.82) is 0 Å². The minimum absolute atomic E-state index is 0.165. The van der Waals surface area contributed by atoms with Gasteiger partial charge in [0.15, 0.2) is 0 Å². The molecule has 4 atom stereocenters. The van der Waals surface area contributed by atoms with Crippen LogP contribution < -0.4 is 5.43 Å². The number of hydrogen-bond acceptors (Lipinski definition) is 5. The van der Waals surface area contributed by atoms with Crippen molar-refractivity contribution >= 4 is 29.1 Å². The lowest BCUT2D eigenvalue weighted by Crippen LogP contribution is -2.47. The molecule has 3 aliphatic heterocycles. The Hall–Kier alpha value is -1.73. The summed E-state index contributed by atoms with van der Waals surface area (Å²) in [6.07, 6.45) is 1.30. The van der Waals surface area contributed by atoms with Gasteiger partial charge in [0.05, 0.1) is 29.6 Å². The fourth-order valence-corrected chi connectivity index (χ4v) is 4.23. The van der Waals surface area contributed by atoms with Crippen LogP contribution in [-0.4, -0.2) is 34.9 Å². The summed E-state index contributed by atoms with van der Waals surface area (Å²) in [4.78, 5) is 37.9. The molecule has 0 aliphatic carbocycles. The lowest BCUT2D eigenvalue weighted by atomic mass is 9.81. The Morgan fingerprint density at radius 1 is 1.29 bits per heavy atom. The van der Waals surface area contributed by atoms with Crippen molar-refractivity contribution in [3.05, 3.63) is 21.9 Å². The molecule has 2 bridgehead atoms. The molecule has 3 fully saturated rings. The Balaban J connectivity index is 1.55. The molecule has 1 N–H and O–H groups in total. The molecule has 3 aliphatic rings. The number of nitrogens with zero attached hydrogens (tertiary/aromatic N) is 1. The molecule has 4 rings (SSSR count). The van der Waals surface area contributed by atoms with Crippen LogP contribution in [0.25, 0.3) is 0 Å². The summed E-state index contributed by atoms with van der Waals surface area (Å²) in [7, 11) is 0. The second-order valence-corrected chi connectivity index (χ2v) is 6.86. The highest BCUT2D eigenvalue weighted by Gasteiger charge is 2.62. The van der Waals surface area contributed by atoms with Crippen LogP contribution in [0.2, 0.25) is 0 Å². The van der Waals surface area contributed by atoms with Crippen LogP contribution in [0, 0.1) is 18.8 Å². The topological polar surface area (TPSA) is 75.7 Å². The van der Waals surface area contributed by atoms with Gasteiger partial charge in [-0.3, -0.25) is 19.8 Å².